The predicted octanol–water partition coefficient (Wildman–Crippen LogP) is 4.74. The molecule has 0 aromatic heterocycles. The molecule has 0 spiro atoms. The van der Waals surface area contributed by atoms with Gasteiger partial charge in [0.05, 0.1) is 12.7 Å². The van der Waals surface area contributed by atoms with Gasteiger partial charge >= 0.3 is 6.09 Å². The highest BCUT2D eigenvalue weighted by Gasteiger charge is 2.36. The maximum atomic E-state index is 12.2. The fraction of sp³-hybridized carbons (Fsp3) is 0.536. The average Bonchev–Trinajstić information content (AvgIpc) is 2.82. The van der Waals surface area contributed by atoms with Crippen LogP contribution < -0.4 is 9.47 Å². The lowest BCUT2D eigenvalue weighted by molar-refractivity contribution is -0.0855. The maximum Gasteiger partial charge on any atom is 0.410 e. The molecule has 7 heteroatoms. The lowest BCUT2D eigenvalue weighted by Gasteiger charge is -2.46. The number of likely N-dealkylation sites (tertiary alicyclic amines) is 2. The van der Waals surface area contributed by atoms with Crippen LogP contribution in [-0.2, 0) is 16.1 Å². The Morgan fingerprint density at radius 3 is 2.14 bits per heavy atom. The number of rotatable bonds is 9. The van der Waals surface area contributed by atoms with E-state index in [9.17, 15) is 4.79 Å². The third kappa shape index (κ3) is 7.87. The Bertz CT molecular complexity index is 915. The minimum Gasteiger partial charge on any atom is -0.491 e. The van der Waals surface area contributed by atoms with E-state index in [0.717, 1.165) is 56.1 Å². The van der Waals surface area contributed by atoms with E-state index in [-0.39, 0.29) is 12.2 Å². The zero-order chi connectivity index (χ0) is 24.7. The topological polar surface area (TPSA) is 60.5 Å². The van der Waals surface area contributed by atoms with Crippen LogP contribution in [0.25, 0.3) is 0 Å². The molecule has 35 heavy (non-hydrogen) atoms. The van der Waals surface area contributed by atoms with Gasteiger partial charge in [-0.2, -0.15) is 0 Å². The monoisotopic (exact) mass is 482 g/mol. The minimum atomic E-state index is -0.444. The highest BCUT2D eigenvalue weighted by Crippen LogP contribution is 2.24. The van der Waals surface area contributed by atoms with Gasteiger partial charge in [-0.15, -0.1) is 0 Å². The summed E-state index contributed by atoms with van der Waals surface area (Å²) in [6, 6.07) is 18.3. The number of carbonyl (C=O) groups excluding carboxylic acids is 1. The molecule has 0 unspecified atom stereocenters. The molecule has 190 valence electrons. The second-order valence-corrected chi connectivity index (χ2v) is 10.2. The molecule has 0 bridgehead atoms. The summed E-state index contributed by atoms with van der Waals surface area (Å²) >= 11 is 0. The van der Waals surface area contributed by atoms with Crippen molar-refractivity contribution in [3.8, 4) is 11.5 Å². The van der Waals surface area contributed by atoms with E-state index < -0.39 is 5.60 Å². The van der Waals surface area contributed by atoms with Crippen molar-refractivity contribution in [3.05, 3.63) is 60.2 Å². The first-order chi connectivity index (χ1) is 16.9. The van der Waals surface area contributed by atoms with E-state index in [1.165, 1.54) is 0 Å². The van der Waals surface area contributed by atoms with Crippen molar-refractivity contribution in [2.45, 2.75) is 58.0 Å². The lowest BCUT2D eigenvalue weighted by Crippen LogP contribution is -2.59. The molecule has 0 saturated carbocycles. The van der Waals surface area contributed by atoms with Crippen LogP contribution in [0.3, 0.4) is 0 Å². The third-order valence-corrected chi connectivity index (χ3v) is 6.29. The molecule has 1 amide bonds. The van der Waals surface area contributed by atoms with Gasteiger partial charge in [0, 0.05) is 32.2 Å². The first-order valence-electron chi connectivity index (χ1n) is 12.6. The summed E-state index contributed by atoms with van der Waals surface area (Å²) in [5.74, 6) is 1.64. The van der Waals surface area contributed by atoms with Gasteiger partial charge in [-0.25, -0.2) is 4.79 Å². The molecule has 0 aliphatic carbocycles. The van der Waals surface area contributed by atoms with E-state index >= 15 is 0 Å². The fourth-order valence-corrected chi connectivity index (χ4v) is 4.36. The Morgan fingerprint density at radius 1 is 0.886 bits per heavy atom. The second-order valence-electron chi connectivity index (χ2n) is 10.2. The highest BCUT2D eigenvalue weighted by molar-refractivity contribution is 5.68. The van der Waals surface area contributed by atoms with Crippen molar-refractivity contribution >= 4 is 6.09 Å². The van der Waals surface area contributed by atoms with Crippen LogP contribution in [0.2, 0.25) is 0 Å². The van der Waals surface area contributed by atoms with Crippen LogP contribution >= 0.6 is 0 Å². The van der Waals surface area contributed by atoms with E-state index in [4.69, 9.17) is 18.9 Å². The van der Waals surface area contributed by atoms with Gasteiger partial charge in [-0.1, -0.05) is 30.3 Å². The molecular formula is C28H38N2O5. The minimum absolute atomic E-state index is 0.199. The van der Waals surface area contributed by atoms with Crippen molar-refractivity contribution in [3.63, 3.8) is 0 Å². The Kier molecular flexibility index (Phi) is 8.52. The number of ether oxygens (including phenoxy) is 4. The van der Waals surface area contributed by atoms with Crippen molar-refractivity contribution in [2.24, 2.45) is 0 Å². The SMILES string of the molecule is CC(C)(C)OC(=O)N1CCC(N2CC(OCCOc3ccc(OCc4ccccc4)cc3)C2)CC1. The maximum absolute atomic E-state index is 12.2. The van der Waals surface area contributed by atoms with Crippen LogP contribution in [-0.4, -0.2) is 73.0 Å². The van der Waals surface area contributed by atoms with Crippen LogP contribution in [0.5, 0.6) is 11.5 Å². The molecule has 2 aliphatic heterocycles. The van der Waals surface area contributed by atoms with Gasteiger partial charge in [0.25, 0.3) is 0 Å². The van der Waals surface area contributed by atoms with Crippen molar-refractivity contribution in [2.75, 3.05) is 39.4 Å². The Balaban J connectivity index is 1.06. The summed E-state index contributed by atoms with van der Waals surface area (Å²) in [5, 5.41) is 0. The predicted molar refractivity (Wildman–Crippen MR) is 135 cm³/mol. The summed E-state index contributed by atoms with van der Waals surface area (Å²) in [6.45, 7) is 10.8. The molecule has 0 N–H and O–H groups in total. The van der Waals surface area contributed by atoms with E-state index in [1.54, 1.807) is 0 Å². The third-order valence-electron chi connectivity index (χ3n) is 6.29. The standard InChI is InChI=1S/C28H38N2O5/c1-28(2,3)35-27(31)29-15-13-23(14-16-29)30-19-26(20-30)33-18-17-32-24-9-11-25(12-10-24)34-21-22-7-5-4-6-8-22/h4-12,23,26H,13-21H2,1-3H3. The van der Waals surface area contributed by atoms with E-state index in [0.29, 0.717) is 25.9 Å². The molecule has 0 atom stereocenters. The van der Waals surface area contributed by atoms with Crippen LogP contribution in [0.15, 0.2) is 54.6 Å². The zero-order valence-electron chi connectivity index (χ0n) is 21.2. The Hall–Kier alpha value is -2.77. The summed E-state index contributed by atoms with van der Waals surface area (Å²) in [6.07, 6.45) is 2.03. The van der Waals surface area contributed by atoms with Gasteiger partial charge < -0.3 is 23.8 Å². The van der Waals surface area contributed by atoms with Gasteiger partial charge in [-0.05, 0) is 63.4 Å². The van der Waals surface area contributed by atoms with Crippen LogP contribution in [0.4, 0.5) is 4.79 Å². The van der Waals surface area contributed by atoms with Gasteiger partial charge in [0.15, 0.2) is 0 Å². The number of hydrogen-bond acceptors (Lipinski definition) is 6. The summed E-state index contributed by atoms with van der Waals surface area (Å²) in [7, 11) is 0. The smallest absolute Gasteiger partial charge is 0.410 e. The van der Waals surface area contributed by atoms with Gasteiger partial charge in [0.2, 0.25) is 0 Å². The van der Waals surface area contributed by atoms with Gasteiger partial charge in [-0.3, -0.25) is 4.90 Å². The van der Waals surface area contributed by atoms with Gasteiger partial charge in [0.1, 0.15) is 30.3 Å². The number of nitrogens with zero attached hydrogens (tertiary/aromatic N) is 2. The first-order valence-corrected chi connectivity index (χ1v) is 12.6. The molecule has 2 aromatic rings. The van der Waals surface area contributed by atoms with E-state index in [2.05, 4.69) is 4.90 Å². The average molecular weight is 483 g/mol. The largest absolute Gasteiger partial charge is 0.491 e. The number of piperidine rings is 1. The molecule has 2 aromatic carbocycles. The van der Waals surface area contributed by atoms with Crippen LogP contribution in [0, 0.1) is 0 Å². The van der Waals surface area contributed by atoms with Crippen molar-refractivity contribution < 1.29 is 23.7 Å². The van der Waals surface area contributed by atoms with E-state index in [1.807, 2.05) is 80.3 Å². The molecule has 2 saturated heterocycles. The number of carbonyl (C=O) groups is 1. The lowest BCUT2D eigenvalue weighted by atomic mass is 9.99. The summed E-state index contributed by atoms with van der Waals surface area (Å²) in [5.41, 5.74) is 0.700. The number of hydrogen-bond donors (Lipinski definition) is 0. The van der Waals surface area contributed by atoms with Crippen molar-refractivity contribution in [1.29, 1.82) is 0 Å². The fourth-order valence-electron chi connectivity index (χ4n) is 4.36. The molecule has 4 rings (SSSR count). The first kappa shape index (κ1) is 25.3. The van der Waals surface area contributed by atoms with Crippen molar-refractivity contribution in [1.82, 2.24) is 9.80 Å². The highest BCUT2D eigenvalue weighted by atomic mass is 16.6. The summed E-state index contributed by atoms with van der Waals surface area (Å²) in [4.78, 5) is 16.5. The molecule has 0 radical (unpaired) electrons. The molecule has 2 heterocycles. The quantitative estimate of drug-likeness (QED) is 0.481. The molecule has 2 fully saturated rings. The Morgan fingerprint density at radius 2 is 1.51 bits per heavy atom. The second kappa shape index (κ2) is 11.8. The zero-order valence-corrected chi connectivity index (χ0v) is 21.2. The summed E-state index contributed by atoms with van der Waals surface area (Å²) < 4.78 is 23.1. The number of benzene rings is 2. The molecular weight excluding hydrogens is 444 g/mol. The number of amides is 1. The normalized spacial score (nSPS) is 17.6. The van der Waals surface area contributed by atoms with Crippen LogP contribution in [0.1, 0.15) is 39.2 Å². The Labute approximate surface area is 208 Å². The molecule has 7 nitrogen and oxygen atoms in total. The molecule has 2 aliphatic rings.